The maximum absolute atomic E-state index is 14.0. The molecule has 9 nitrogen and oxygen atoms in total. The highest BCUT2D eigenvalue weighted by Gasteiger charge is 2.40. The van der Waals surface area contributed by atoms with E-state index in [1.165, 1.54) is 12.1 Å². The average molecular weight is 605 g/mol. The van der Waals surface area contributed by atoms with Gasteiger partial charge in [-0.2, -0.15) is 0 Å². The van der Waals surface area contributed by atoms with E-state index in [0.29, 0.717) is 31.7 Å². The molecular formula is C34H45FN6O3. The van der Waals surface area contributed by atoms with Crippen LogP contribution in [-0.2, 0) is 16.0 Å². The van der Waals surface area contributed by atoms with Gasteiger partial charge in [0.05, 0.1) is 12.2 Å². The Morgan fingerprint density at radius 2 is 1.77 bits per heavy atom. The molecule has 44 heavy (non-hydrogen) atoms. The maximum atomic E-state index is 14.0. The molecule has 0 saturated carbocycles. The topological polar surface area (TPSA) is 99.6 Å². The maximum Gasteiger partial charge on any atom is 0.274 e. The number of hydrogen-bond acceptors (Lipinski definition) is 5. The third-order valence-electron chi connectivity index (χ3n) is 8.22. The molecule has 1 fully saturated rings. The van der Waals surface area contributed by atoms with Crippen LogP contribution >= 0.6 is 0 Å². The van der Waals surface area contributed by atoms with Crippen LogP contribution in [0.3, 0.4) is 0 Å². The molecule has 1 aromatic heterocycles. The number of nitrogens with zero attached hydrogens (tertiary/aromatic N) is 4. The Balaban J connectivity index is 1.59. The van der Waals surface area contributed by atoms with Crippen LogP contribution in [0.15, 0.2) is 55.0 Å². The van der Waals surface area contributed by atoms with E-state index >= 15 is 0 Å². The quantitative estimate of drug-likeness (QED) is 0.344. The number of hydrogen-bond donors (Lipinski definition) is 2. The first kappa shape index (κ1) is 32.9. The number of amides is 3. The van der Waals surface area contributed by atoms with Crippen molar-refractivity contribution in [3.63, 3.8) is 0 Å². The van der Waals surface area contributed by atoms with Crippen LogP contribution in [0.5, 0.6) is 0 Å². The highest BCUT2D eigenvalue weighted by atomic mass is 19.1. The molecule has 2 N–H and O–H groups in total. The van der Waals surface area contributed by atoms with Gasteiger partial charge in [-0.3, -0.25) is 14.4 Å². The van der Waals surface area contributed by atoms with Crippen molar-refractivity contribution in [2.75, 3.05) is 33.2 Å². The lowest BCUT2D eigenvalue weighted by molar-refractivity contribution is -0.140. The van der Waals surface area contributed by atoms with Gasteiger partial charge < -0.3 is 25.0 Å². The second-order valence-corrected chi connectivity index (χ2v) is 12.8. The molecule has 1 aliphatic heterocycles. The van der Waals surface area contributed by atoms with Crippen LogP contribution in [0.25, 0.3) is 5.69 Å². The van der Waals surface area contributed by atoms with Gasteiger partial charge >= 0.3 is 0 Å². The monoisotopic (exact) mass is 604 g/mol. The third-order valence-corrected chi connectivity index (χ3v) is 8.22. The standard InChI is InChI=1S/C34H45FN6O3/c1-23-9-7-10-24(2)30(23)40-21-28(37-22-40)32(43)39(18-16-25-12-14-26(35)15-13-25)20-27-11-8-17-41(27)33(44)31(34(3,4)5)38-29(42)19-36-6/h7,9-10,12-15,21-22,27,31,36H,8,11,16-20H2,1-6H3,(H,38,42)/t27-,31+/m0/s1. The van der Waals surface area contributed by atoms with Crippen molar-refractivity contribution < 1.29 is 18.8 Å². The molecule has 4 rings (SSSR count). The van der Waals surface area contributed by atoms with Crippen LogP contribution in [0.1, 0.15) is 60.8 Å². The van der Waals surface area contributed by atoms with Crippen LogP contribution in [0, 0.1) is 25.1 Å². The molecule has 0 radical (unpaired) electrons. The number of likely N-dealkylation sites (tertiary alicyclic amines) is 1. The number of halogens is 1. The van der Waals surface area contributed by atoms with E-state index in [1.54, 1.807) is 36.6 Å². The van der Waals surface area contributed by atoms with Crippen LogP contribution in [0.2, 0.25) is 0 Å². The van der Waals surface area contributed by atoms with Gasteiger partial charge in [0.25, 0.3) is 5.91 Å². The summed E-state index contributed by atoms with van der Waals surface area (Å²) in [5.74, 6) is -0.929. The molecular weight excluding hydrogens is 559 g/mol. The minimum Gasteiger partial charge on any atom is -0.343 e. The summed E-state index contributed by atoms with van der Waals surface area (Å²) in [5.41, 5.74) is 3.85. The summed E-state index contributed by atoms with van der Waals surface area (Å²) in [5, 5.41) is 5.75. The van der Waals surface area contributed by atoms with E-state index in [4.69, 9.17) is 0 Å². The van der Waals surface area contributed by atoms with Gasteiger partial charge in [0.2, 0.25) is 11.8 Å². The van der Waals surface area contributed by atoms with Crippen molar-refractivity contribution >= 4 is 17.7 Å². The molecule has 0 aliphatic carbocycles. The van der Waals surface area contributed by atoms with Crippen LogP contribution in [0.4, 0.5) is 4.39 Å². The minimum atomic E-state index is -0.708. The third kappa shape index (κ3) is 7.91. The SMILES string of the molecule is CNCC(=O)N[C@H](C(=O)N1CCC[C@H]1CN(CCc1ccc(F)cc1)C(=O)c1cn(-c2c(C)cccc2C)cn1)C(C)(C)C. The van der Waals surface area contributed by atoms with Gasteiger partial charge in [-0.25, -0.2) is 9.37 Å². The van der Waals surface area contributed by atoms with E-state index in [1.807, 2.05) is 62.3 Å². The molecule has 1 aliphatic rings. The lowest BCUT2D eigenvalue weighted by Crippen LogP contribution is -2.58. The first-order valence-electron chi connectivity index (χ1n) is 15.3. The van der Waals surface area contributed by atoms with E-state index in [-0.39, 0.29) is 36.1 Å². The molecule has 2 heterocycles. The summed E-state index contributed by atoms with van der Waals surface area (Å²) in [4.78, 5) is 48.5. The number of para-hydroxylation sites is 1. The number of benzene rings is 2. The van der Waals surface area contributed by atoms with Gasteiger partial charge in [0.1, 0.15) is 23.9 Å². The number of imidazole rings is 1. The van der Waals surface area contributed by atoms with Crippen LogP contribution in [-0.4, -0.2) is 82.4 Å². The zero-order valence-electron chi connectivity index (χ0n) is 26.7. The molecule has 10 heteroatoms. The number of aromatic nitrogens is 2. The molecule has 2 atom stereocenters. The number of carbonyl (C=O) groups excluding carboxylic acids is 3. The summed E-state index contributed by atoms with van der Waals surface area (Å²) in [6.07, 6.45) is 5.49. The van der Waals surface area contributed by atoms with Crippen molar-refractivity contribution in [2.24, 2.45) is 5.41 Å². The summed E-state index contributed by atoms with van der Waals surface area (Å²) >= 11 is 0. The van der Waals surface area contributed by atoms with Crippen molar-refractivity contribution in [2.45, 2.75) is 66.0 Å². The Bertz CT molecular complexity index is 1440. The largest absolute Gasteiger partial charge is 0.343 e. The van der Waals surface area contributed by atoms with Gasteiger partial charge in [-0.15, -0.1) is 0 Å². The first-order chi connectivity index (χ1) is 20.9. The lowest BCUT2D eigenvalue weighted by atomic mass is 9.85. The molecule has 3 aromatic rings. The number of rotatable bonds is 11. The summed E-state index contributed by atoms with van der Waals surface area (Å²) in [7, 11) is 1.69. The predicted octanol–water partition coefficient (Wildman–Crippen LogP) is 4.05. The highest BCUT2D eigenvalue weighted by Crippen LogP contribution is 2.27. The normalized spacial score (nSPS) is 15.7. The Labute approximate surface area is 259 Å². The smallest absolute Gasteiger partial charge is 0.274 e. The summed E-state index contributed by atoms with van der Waals surface area (Å²) in [6, 6.07) is 11.4. The van der Waals surface area contributed by atoms with Crippen molar-refractivity contribution in [1.29, 1.82) is 0 Å². The van der Waals surface area contributed by atoms with Gasteiger partial charge in [-0.1, -0.05) is 51.1 Å². The minimum absolute atomic E-state index is 0.115. The summed E-state index contributed by atoms with van der Waals surface area (Å²) in [6.45, 7) is 11.2. The van der Waals surface area contributed by atoms with E-state index in [9.17, 15) is 18.8 Å². The summed E-state index contributed by atoms with van der Waals surface area (Å²) < 4.78 is 15.4. The molecule has 1 saturated heterocycles. The Hall–Kier alpha value is -4.05. The fraction of sp³-hybridized carbons (Fsp3) is 0.471. The molecule has 3 amide bonds. The highest BCUT2D eigenvalue weighted by molar-refractivity contribution is 5.92. The Morgan fingerprint density at radius 1 is 1.09 bits per heavy atom. The van der Waals surface area contributed by atoms with Gasteiger partial charge in [0, 0.05) is 31.9 Å². The molecule has 236 valence electrons. The van der Waals surface area contributed by atoms with E-state index in [2.05, 4.69) is 15.6 Å². The van der Waals surface area contributed by atoms with Crippen molar-refractivity contribution in [1.82, 2.24) is 30.0 Å². The second kappa shape index (κ2) is 14.2. The van der Waals surface area contributed by atoms with Gasteiger partial charge in [0.15, 0.2) is 0 Å². The molecule has 0 unspecified atom stereocenters. The van der Waals surface area contributed by atoms with Crippen LogP contribution < -0.4 is 10.6 Å². The Morgan fingerprint density at radius 3 is 2.41 bits per heavy atom. The van der Waals surface area contributed by atoms with E-state index in [0.717, 1.165) is 35.2 Å². The fourth-order valence-electron chi connectivity index (χ4n) is 5.88. The first-order valence-corrected chi connectivity index (χ1v) is 15.3. The Kier molecular flexibility index (Phi) is 10.6. The molecule has 2 aromatic carbocycles. The van der Waals surface area contributed by atoms with Crippen molar-refractivity contribution in [3.05, 3.63) is 83.2 Å². The number of carbonyl (C=O) groups is 3. The van der Waals surface area contributed by atoms with Gasteiger partial charge in [-0.05, 0) is 74.4 Å². The second-order valence-electron chi connectivity index (χ2n) is 12.8. The zero-order chi connectivity index (χ0) is 32.0. The molecule has 0 bridgehead atoms. The predicted molar refractivity (Wildman–Crippen MR) is 169 cm³/mol. The number of likely N-dealkylation sites (N-methyl/N-ethyl adjacent to an activating group) is 1. The van der Waals surface area contributed by atoms with E-state index < -0.39 is 11.5 Å². The fourth-order valence-corrected chi connectivity index (χ4v) is 5.88. The lowest BCUT2D eigenvalue weighted by Gasteiger charge is -2.37. The van der Waals surface area contributed by atoms with Crippen molar-refractivity contribution in [3.8, 4) is 5.69 Å². The number of nitrogens with one attached hydrogen (secondary N) is 2. The average Bonchev–Trinajstić information content (AvgIpc) is 3.64. The number of aryl methyl sites for hydroxylation is 2. The molecule has 0 spiro atoms. The zero-order valence-corrected chi connectivity index (χ0v) is 26.7.